The van der Waals surface area contributed by atoms with Crippen LogP contribution in [0.5, 0.6) is 0 Å². The molecular formula is C12H12N2O2. The van der Waals surface area contributed by atoms with Gasteiger partial charge in [0.1, 0.15) is 5.65 Å². The molecule has 1 N–H and O–H groups in total. The van der Waals surface area contributed by atoms with Gasteiger partial charge in [-0.25, -0.2) is 9.78 Å². The molecule has 16 heavy (non-hydrogen) atoms. The summed E-state index contributed by atoms with van der Waals surface area (Å²) in [6.45, 7) is 2.17. The van der Waals surface area contributed by atoms with Crippen LogP contribution in [0.1, 0.15) is 12.5 Å². The highest BCUT2D eigenvalue weighted by Crippen LogP contribution is 2.16. The summed E-state index contributed by atoms with van der Waals surface area (Å²) in [5.41, 5.74) is 1.74. The smallest absolute Gasteiger partial charge is 0.330 e. The second-order valence-corrected chi connectivity index (χ2v) is 3.23. The predicted octanol–water partition coefficient (Wildman–Crippen LogP) is 2.14. The Morgan fingerprint density at radius 2 is 2.50 bits per heavy atom. The molecule has 4 heteroatoms. The van der Waals surface area contributed by atoms with Crippen molar-refractivity contribution < 1.29 is 9.53 Å². The molecule has 0 aliphatic heterocycles. The predicted molar refractivity (Wildman–Crippen MR) is 61.8 cm³/mol. The number of aromatic amines is 1. The van der Waals surface area contributed by atoms with Crippen LogP contribution in [0.4, 0.5) is 0 Å². The van der Waals surface area contributed by atoms with E-state index < -0.39 is 0 Å². The van der Waals surface area contributed by atoms with E-state index in [2.05, 4.69) is 9.97 Å². The summed E-state index contributed by atoms with van der Waals surface area (Å²) in [6.07, 6.45) is 6.67. The van der Waals surface area contributed by atoms with Gasteiger partial charge in [0, 0.05) is 29.4 Å². The molecule has 2 heterocycles. The molecule has 4 nitrogen and oxygen atoms in total. The quantitative estimate of drug-likeness (QED) is 0.631. The van der Waals surface area contributed by atoms with E-state index in [0.29, 0.717) is 6.61 Å². The molecule has 2 rings (SSSR count). The zero-order valence-electron chi connectivity index (χ0n) is 8.93. The molecule has 0 bridgehead atoms. The Morgan fingerprint density at radius 3 is 3.31 bits per heavy atom. The first kappa shape index (κ1) is 10.4. The molecule has 0 saturated heterocycles. The zero-order chi connectivity index (χ0) is 11.4. The van der Waals surface area contributed by atoms with Crippen LogP contribution < -0.4 is 0 Å². The highest BCUT2D eigenvalue weighted by atomic mass is 16.5. The van der Waals surface area contributed by atoms with Gasteiger partial charge >= 0.3 is 5.97 Å². The van der Waals surface area contributed by atoms with Crippen molar-refractivity contribution >= 4 is 23.1 Å². The molecule has 0 amide bonds. The van der Waals surface area contributed by atoms with Crippen LogP contribution in [0.15, 0.2) is 30.6 Å². The number of pyridine rings is 1. The lowest BCUT2D eigenvalue weighted by Crippen LogP contribution is -1.98. The van der Waals surface area contributed by atoms with Crippen LogP contribution in [0.25, 0.3) is 17.1 Å². The van der Waals surface area contributed by atoms with Crippen molar-refractivity contribution in [2.24, 2.45) is 0 Å². The van der Waals surface area contributed by atoms with E-state index in [9.17, 15) is 4.79 Å². The molecular weight excluding hydrogens is 204 g/mol. The highest BCUT2D eigenvalue weighted by molar-refractivity contribution is 5.92. The third-order valence-electron chi connectivity index (χ3n) is 2.17. The minimum absolute atomic E-state index is 0.333. The number of hydrogen-bond acceptors (Lipinski definition) is 3. The number of carbonyl (C=O) groups is 1. The molecule has 0 aromatic carbocycles. The van der Waals surface area contributed by atoms with Crippen LogP contribution in [-0.4, -0.2) is 22.5 Å². The molecule has 2 aromatic rings. The van der Waals surface area contributed by atoms with E-state index >= 15 is 0 Å². The first-order chi connectivity index (χ1) is 7.81. The normalized spacial score (nSPS) is 11.1. The van der Waals surface area contributed by atoms with Gasteiger partial charge in [0.25, 0.3) is 0 Å². The maximum atomic E-state index is 11.1. The average Bonchev–Trinajstić information content (AvgIpc) is 2.70. The van der Waals surface area contributed by atoms with Crippen LogP contribution in [0.3, 0.4) is 0 Å². The molecule has 0 aliphatic rings. The number of hydrogen-bond donors (Lipinski definition) is 1. The Balaban J connectivity index is 2.24. The third-order valence-corrected chi connectivity index (χ3v) is 2.17. The number of carbonyl (C=O) groups excluding carboxylic acids is 1. The molecule has 0 unspecified atom stereocenters. The first-order valence-corrected chi connectivity index (χ1v) is 5.08. The first-order valence-electron chi connectivity index (χ1n) is 5.08. The Bertz CT molecular complexity index is 529. The van der Waals surface area contributed by atoms with Crippen molar-refractivity contribution in [2.45, 2.75) is 6.92 Å². The minimum Gasteiger partial charge on any atom is -0.463 e. The molecule has 2 aromatic heterocycles. The Labute approximate surface area is 93.0 Å². The summed E-state index contributed by atoms with van der Waals surface area (Å²) in [5.74, 6) is -0.333. The Kier molecular flexibility index (Phi) is 3.00. The average molecular weight is 216 g/mol. The Morgan fingerprint density at radius 1 is 1.62 bits per heavy atom. The number of H-pyrrole nitrogens is 1. The van der Waals surface area contributed by atoms with Gasteiger partial charge in [0.2, 0.25) is 0 Å². The monoisotopic (exact) mass is 216 g/mol. The summed E-state index contributed by atoms with van der Waals surface area (Å²) >= 11 is 0. The summed E-state index contributed by atoms with van der Waals surface area (Å²) in [6, 6.07) is 3.81. The van der Waals surface area contributed by atoms with E-state index in [1.54, 1.807) is 19.2 Å². The highest BCUT2D eigenvalue weighted by Gasteiger charge is 2.01. The van der Waals surface area contributed by atoms with E-state index in [-0.39, 0.29) is 5.97 Å². The molecule has 0 fully saturated rings. The third kappa shape index (κ3) is 2.11. The fourth-order valence-electron chi connectivity index (χ4n) is 1.46. The second-order valence-electron chi connectivity index (χ2n) is 3.23. The van der Waals surface area contributed by atoms with Gasteiger partial charge in [-0.1, -0.05) is 0 Å². The van der Waals surface area contributed by atoms with Crippen LogP contribution in [0.2, 0.25) is 0 Å². The summed E-state index contributed by atoms with van der Waals surface area (Å²) in [7, 11) is 0. The van der Waals surface area contributed by atoms with Crippen molar-refractivity contribution in [1.82, 2.24) is 9.97 Å². The summed E-state index contributed by atoms with van der Waals surface area (Å²) in [5, 5.41) is 0.989. The van der Waals surface area contributed by atoms with Gasteiger partial charge in [-0.3, -0.25) is 0 Å². The van der Waals surface area contributed by atoms with Crippen molar-refractivity contribution in [3.63, 3.8) is 0 Å². The number of ether oxygens (including phenoxy) is 1. The lowest BCUT2D eigenvalue weighted by atomic mass is 10.2. The van der Waals surface area contributed by atoms with Gasteiger partial charge in [-0.05, 0) is 25.1 Å². The largest absolute Gasteiger partial charge is 0.463 e. The molecule has 0 spiro atoms. The number of nitrogens with one attached hydrogen (secondary N) is 1. The minimum atomic E-state index is -0.333. The van der Waals surface area contributed by atoms with Gasteiger partial charge < -0.3 is 9.72 Å². The number of rotatable bonds is 3. The number of fused-ring (bicyclic) bond motifs is 1. The van der Waals surface area contributed by atoms with E-state index in [0.717, 1.165) is 16.6 Å². The maximum Gasteiger partial charge on any atom is 0.330 e. The molecule has 0 atom stereocenters. The topological polar surface area (TPSA) is 55.0 Å². The van der Waals surface area contributed by atoms with Crippen molar-refractivity contribution in [2.75, 3.05) is 6.61 Å². The van der Waals surface area contributed by atoms with E-state index in [4.69, 9.17) is 4.74 Å². The number of esters is 1. The van der Waals surface area contributed by atoms with Gasteiger partial charge in [-0.15, -0.1) is 0 Å². The zero-order valence-corrected chi connectivity index (χ0v) is 8.93. The van der Waals surface area contributed by atoms with Gasteiger partial charge in [-0.2, -0.15) is 0 Å². The SMILES string of the molecule is CCOC(=O)C=Cc1c[nH]c2ncccc12. The van der Waals surface area contributed by atoms with Crippen molar-refractivity contribution in [1.29, 1.82) is 0 Å². The van der Waals surface area contributed by atoms with Crippen molar-refractivity contribution in [3.8, 4) is 0 Å². The molecule has 0 saturated carbocycles. The standard InChI is InChI=1S/C12H12N2O2/c1-2-16-11(15)6-5-9-8-14-12-10(9)4-3-7-13-12/h3-8H,2H2,1H3,(H,13,14). The van der Waals surface area contributed by atoms with Crippen LogP contribution in [-0.2, 0) is 9.53 Å². The van der Waals surface area contributed by atoms with E-state index in [1.165, 1.54) is 6.08 Å². The molecule has 0 radical (unpaired) electrons. The lowest BCUT2D eigenvalue weighted by Gasteiger charge is -1.94. The summed E-state index contributed by atoms with van der Waals surface area (Å²) < 4.78 is 4.80. The van der Waals surface area contributed by atoms with Crippen LogP contribution >= 0.6 is 0 Å². The number of nitrogens with zero attached hydrogens (tertiary/aromatic N) is 1. The van der Waals surface area contributed by atoms with Crippen molar-refractivity contribution in [3.05, 3.63) is 36.2 Å². The van der Waals surface area contributed by atoms with Gasteiger partial charge in [0.15, 0.2) is 0 Å². The Hall–Kier alpha value is -2.10. The lowest BCUT2D eigenvalue weighted by molar-refractivity contribution is -0.137. The fourth-order valence-corrected chi connectivity index (χ4v) is 1.46. The van der Waals surface area contributed by atoms with Gasteiger partial charge in [0.05, 0.1) is 6.61 Å². The van der Waals surface area contributed by atoms with Crippen LogP contribution in [0, 0.1) is 0 Å². The summed E-state index contributed by atoms with van der Waals surface area (Å²) in [4.78, 5) is 18.3. The maximum absolute atomic E-state index is 11.1. The van der Waals surface area contributed by atoms with E-state index in [1.807, 2.05) is 18.3 Å². The number of aromatic nitrogens is 2. The molecule has 0 aliphatic carbocycles. The second kappa shape index (κ2) is 4.61. The molecule has 82 valence electrons. The fraction of sp³-hybridized carbons (Fsp3) is 0.167.